The Morgan fingerprint density at radius 2 is 2.00 bits per heavy atom. The van der Waals surface area contributed by atoms with E-state index in [1.165, 1.54) is 7.11 Å². The molecule has 0 aliphatic heterocycles. The molecular formula is C12H24N2O3. The van der Waals surface area contributed by atoms with Crippen molar-refractivity contribution in [2.24, 2.45) is 5.73 Å². The van der Waals surface area contributed by atoms with Gasteiger partial charge in [0.05, 0.1) is 7.11 Å². The Kier molecular flexibility index (Phi) is 6.80. The van der Waals surface area contributed by atoms with E-state index < -0.39 is 5.54 Å². The third kappa shape index (κ3) is 6.94. The number of methoxy groups -OCH3 is 1. The molecule has 0 aromatic carbocycles. The molecule has 0 saturated heterocycles. The van der Waals surface area contributed by atoms with Crippen molar-refractivity contribution in [3.05, 3.63) is 0 Å². The van der Waals surface area contributed by atoms with Crippen molar-refractivity contribution in [3.63, 3.8) is 0 Å². The minimum atomic E-state index is -0.502. The van der Waals surface area contributed by atoms with Crippen LogP contribution < -0.4 is 11.1 Å². The summed E-state index contributed by atoms with van der Waals surface area (Å²) in [7, 11) is 1.37. The minimum absolute atomic E-state index is 0.187. The van der Waals surface area contributed by atoms with Crippen molar-refractivity contribution in [2.75, 3.05) is 7.11 Å². The fourth-order valence-corrected chi connectivity index (χ4v) is 1.76. The van der Waals surface area contributed by atoms with Gasteiger partial charge >= 0.3 is 5.97 Å². The SMILES string of the molecule is CCCCC(NC(C)(C)CC(N)=O)C(=O)OC. The van der Waals surface area contributed by atoms with Gasteiger partial charge in [-0.3, -0.25) is 14.9 Å². The molecule has 0 bridgehead atoms. The molecule has 0 rings (SSSR count). The number of rotatable bonds is 8. The number of esters is 1. The summed E-state index contributed by atoms with van der Waals surface area (Å²) in [5.41, 5.74) is 4.67. The van der Waals surface area contributed by atoms with Gasteiger partial charge in [0.2, 0.25) is 5.91 Å². The molecule has 100 valence electrons. The highest BCUT2D eigenvalue weighted by atomic mass is 16.5. The summed E-state index contributed by atoms with van der Waals surface area (Å²) >= 11 is 0. The number of amides is 1. The third-order valence-electron chi connectivity index (χ3n) is 2.51. The monoisotopic (exact) mass is 244 g/mol. The first-order chi connectivity index (χ1) is 7.82. The van der Waals surface area contributed by atoms with Crippen LogP contribution in [0.5, 0.6) is 0 Å². The van der Waals surface area contributed by atoms with E-state index in [9.17, 15) is 9.59 Å². The molecule has 1 amide bonds. The van der Waals surface area contributed by atoms with Crippen molar-refractivity contribution in [3.8, 4) is 0 Å². The number of primary amides is 1. The van der Waals surface area contributed by atoms with Gasteiger partial charge in [0.25, 0.3) is 0 Å². The maximum atomic E-state index is 11.6. The van der Waals surface area contributed by atoms with Gasteiger partial charge in [-0.15, -0.1) is 0 Å². The molecule has 0 saturated carbocycles. The van der Waals surface area contributed by atoms with Gasteiger partial charge in [-0.2, -0.15) is 0 Å². The van der Waals surface area contributed by atoms with E-state index in [2.05, 4.69) is 12.2 Å². The quantitative estimate of drug-likeness (QED) is 0.623. The number of hydrogen-bond acceptors (Lipinski definition) is 4. The van der Waals surface area contributed by atoms with Crippen molar-refractivity contribution < 1.29 is 14.3 Å². The van der Waals surface area contributed by atoms with Gasteiger partial charge in [0, 0.05) is 12.0 Å². The molecule has 0 fully saturated rings. The molecule has 17 heavy (non-hydrogen) atoms. The zero-order valence-electron chi connectivity index (χ0n) is 11.2. The summed E-state index contributed by atoms with van der Waals surface area (Å²) in [6.07, 6.45) is 2.82. The summed E-state index contributed by atoms with van der Waals surface area (Å²) in [5.74, 6) is -0.683. The smallest absolute Gasteiger partial charge is 0.322 e. The topological polar surface area (TPSA) is 81.4 Å². The number of nitrogens with one attached hydrogen (secondary N) is 1. The van der Waals surface area contributed by atoms with E-state index in [0.29, 0.717) is 6.42 Å². The Morgan fingerprint density at radius 1 is 1.41 bits per heavy atom. The third-order valence-corrected chi connectivity index (χ3v) is 2.51. The molecule has 1 unspecified atom stereocenters. The average Bonchev–Trinajstić information content (AvgIpc) is 2.21. The molecule has 0 aromatic rings. The summed E-state index contributed by atoms with van der Waals surface area (Å²) < 4.78 is 4.74. The van der Waals surface area contributed by atoms with Crippen LogP contribution in [-0.4, -0.2) is 30.6 Å². The predicted molar refractivity (Wildman–Crippen MR) is 66.4 cm³/mol. The highest BCUT2D eigenvalue weighted by Gasteiger charge is 2.28. The number of nitrogens with two attached hydrogens (primary N) is 1. The Morgan fingerprint density at radius 3 is 2.41 bits per heavy atom. The first-order valence-corrected chi connectivity index (χ1v) is 5.96. The zero-order valence-corrected chi connectivity index (χ0v) is 11.2. The van der Waals surface area contributed by atoms with E-state index in [-0.39, 0.29) is 24.3 Å². The van der Waals surface area contributed by atoms with E-state index in [1.54, 1.807) is 0 Å². The van der Waals surface area contributed by atoms with E-state index in [1.807, 2.05) is 13.8 Å². The van der Waals surface area contributed by atoms with Crippen molar-refractivity contribution >= 4 is 11.9 Å². The van der Waals surface area contributed by atoms with Gasteiger partial charge in [0.15, 0.2) is 0 Å². The summed E-state index contributed by atoms with van der Waals surface area (Å²) in [4.78, 5) is 22.5. The van der Waals surface area contributed by atoms with Crippen LogP contribution in [0.25, 0.3) is 0 Å². The Balaban J connectivity index is 4.49. The number of carbonyl (C=O) groups excluding carboxylic acids is 2. The van der Waals surface area contributed by atoms with Gasteiger partial charge in [-0.1, -0.05) is 19.8 Å². The lowest BCUT2D eigenvalue weighted by Gasteiger charge is -2.29. The van der Waals surface area contributed by atoms with Gasteiger partial charge in [-0.05, 0) is 20.3 Å². The van der Waals surface area contributed by atoms with Crippen LogP contribution in [0.15, 0.2) is 0 Å². The van der Waals surface area contributed by atoms with E-state index >= 15 is 0 Å². The number of unbranched alkanes of at least 4 members (excludes halogenated alkanes) is 1. The second-order valence-corrected chi connectivity index (χ2v) is 4.89. The molecule has 0 aliphatic rings. The second kappa shape index (κ2) is 7.27. The van der Waals surface area contributed by atoms with Gasteiger partial charge in [-0.25, -0.2) is 0 Å². The van der Waals surface area contributed by atoms with Crippen LogP contribution in [0.1, 0.15) is 46.5 Å². The molecule has 0 radical (unpaired) electrons. The predicted octanol–water partition coefficient (Wildman–Crippen LogP) is 0.962. The standard InChI is InChI=1S/C12H24N2O3/c1-5-6-7-9(11(16)17-4)14-12(2,3)8-10(13)15/h9,14H,5-8H2,1-4H3,(H2,13,15). The molecule has 5 nitrogen and oxygen atoms in total. The lowest BCUT2D eigenvalue weighted by Crippen LogP contribution is -2.51. The van der Waals surface area contributed by atoms with E-state index in [4.69, 9.17) is 10.5 Å². The summed E-state index contributed by atoms with van der Waals surface area (Å²) in [5, 5.41) is 3.13. The number of carbonyl (C=O) groups is 2. The molecule has 0 aromatic heterocycles. The maximum Gasteiger partial charge on any atom is 0.322 e. The normalized spacial score (nSPS) is 13.2. The first-order valence-electron chi connectivity index (χ1n) is 5.96. The molecule has 5 heteroatoms. The van der Waals surface area contributed by atoms with Crippen molar-refractivity contribution in [1.82, 2.24) is 5.32 Å². The minimum Gasteiger partial charge on any atom is -0.468 e. The first kappa shape index (κ1) is 15.9. The molecule has 3 N–H and O–H groups in total. The fourth-order valence-electron chi connectivity index (χ4n) is 1.76. The Hall–Kier alpha value is -1.10. The van der Waals surface area contributed by atoms with E-state index in [0.717, 1.165) is 12.8 Å². The number of hydrogen-bond donors (Lipinski definition) is 2. The van der Waals surface area contributed by atoms with Gasteiger partial charge < -0.3 is 10.5 Å². The zero-order chi connectivity index (χ0) is 13.5. The molecular weight excluding hydrogens is 220 g/mol. The van der Waals surface area contributed by atoms with Crippen LogP contribution in [0.3, 0.4) is 0 Å². The van der Waals surface area contributed by atoms with Crippen LogP contribution >= 0.6 is 0 Å². The Labute approximate surface area is 103 Å². The fraction of sp³-hybridized carbons (Fsp3) is 0.833. The Bertz CT molecular complexity index is 264. The lowest BCUT2D eigenvalue weighted by atomic mass is 9.97. The molecule has 0 heterocycles. The lowest BCUT2D eigenvalue weighted by molar-refractivity contribution is -0.144. The van der Waals surface area contributed by atoms with Crippen molar-refractivity contribution in [2.45, 2.75) is 58.0 Å². The van der Waals surface area contributed by atoms with Crippen LogP contribution in [-0.2, 0) is 14.3 Å². The molecule has 0 spiro atoms. The van der Waals surface area contributed by atoms with Crippen molar-refractivity contribution in [1.29, 1.82) is 0 Å². The van der Waals surface area contributed by atoms with Crippen LogP contribution in [0.4, 0.5) is 0 Å². The average molecular weight is 244 g/mol. The highest BCUT2D eigenvalue weighted by Crippen LogP contribution is 2.12. The van der Waals surface area contributed by atoms with Crippen LogP contribution in [0.2, 0.25) is 0 Å². The molecule has 0 aliphatic carbocycles. The van der Waals surface area contributed by atoms with Gasteiger partial charge in [0.1, 0.15) is 6.04 Å². The summed E-state index contributed by atoms with van der Waals surface area (Å²) in [6.45, 7) is 5.75. The van der Waals surface area contributed by atoms with Crippen LogP contribution in [0, 0.1) is 0 Å². The maximum absolute atomic E-state index is 11.6. The second-order valence-electron chi connectivity index (χ2n) is 4.89. The number of ether oxygens (including phenoxy) is 1. The molecule has 1 atom stereocenters. The summed E-state index contributed by atoms with van der Waals surface area (Å²) in [6, 6.07) is -0.380. The highest BCUT2D eigenvalue weighted by molar-refractivity contribution is 5.77. The largest absolute Gasteiger partial charge is 0.468 e.